The molecule has 0 radical (unpaired) electrons. The zero-order chi connectivity index (χ0) is 11.9. The molecule has 16 heavy (non-hydrogen) atoms. The van der Waals surface area contributed by atoms with E-state index in [1.54, 1.807) is 13.8 Å². The van der Waals surface area contributed by atoms with Gasteiger partial charge in [-0.1, -0.05) is 13.8 Å². The molecule has 86 valence electrons. The number of rotatable bonds is 1. The van der Waals surface area contributed by atoms with Crippen molar-refractivity contribution in [2.24, 2.45) is 0 Å². The van der Waals surface area contributed by atoms with Crippen molar-refractivity contribution in [1.82, 2.24) is 10.2 Å². The third-order valence-corrected chi connectivity index (χ3v) is 2.55. The van der Waals surface area contributed by atoms with Crippen molar-refractivity contribution in [2.75, 3.05) is 0 Å². The summed E-state index contributed by atoms with van der Waals surface area (Å²) in [6, 6.07) is 2.52. The summed E-state index contributed by atoms with van der Waals surface area (Å²) in [6.45, 7) is 3.49. The molecule has 2 rings (SSSR count). The summed E-state index contributed by atoms with van der Waals surface area (Å²) in [7, 11) is 0. The van der Waals surface area contributed by atoms with E-state index in [2.05, 4.69) is 10.2 Å². The fraction of sp³-hybridized carbons (Fsp3) is 0.364. The van der Waals surface area contributed by atoms with Crippen LogP contribution < -0.4 is 0 Å². The number of hydrogen-bond donors (Lipinski definition) is 1. The average molecular weight is 228 g/mol. The van der Waals surface area contributed by atoms with E-state index in [-0.39, 0.29) is 5.92 Å². The molecule has 1 N–H and O–H groups in total. The van der Waals surface area contributed by atoms with Gasteiger partial charge in [0.25, 0.3) is 0 Å². The summed E-state index contributed by atoms with van der Waals surface area (Å²) >= 11 is 0. The van der Waals surface area contributed by atoms with Crippen LogP contribution in [-0.2, 0) is 6.18 Å². The number of hydrogen-bond acceptors (Lipinski definition) is 1. The fourth-order valence-corrected chi connectivity index (χ4v) is 1.91. The summed E-state index contributed by atoms with van der Waals surface area (Å²) in [5.74, 6) is -0.196. The molecule has 0 bridgehead atoms. The van der Waals surface area contributed by atoms with Gasteiger partial charge in [0.05, 0.1) is 17.3 Å². The quantitative estimate of drug-likeness (QED) is 0.792. The van der Waals surface area contributed by atoms with Gasteiger partial charge in [0, 0.05) is 5.39 Å². The van der Waals surface area contributed by atoms with Gasteiger partial charge in [-0.25, -0.2) is 0 Å². The van der Waals surface area contributed by atoms with Crippen LogP contribution in [0, 0.1) is 0 Å². The summed E-state index contributed by atoms with van der Waals surface area (Å²) in [6.07, 6.45) is -2.87. The highest BCUT2D eigenvalue weighted by Crippen LogP contribution is 2.38. The van der Waals surface area contributed by atoms with Crippen LogP contribution in [0.4, 0.5) is 13.2 Å². The van der Waals surface area contributed by atoms with Crippen LogP contribution in [0.25, 0.3) is 10.9 Å². The molecule has 0 aliphatic heterocycles. The van der Waals surface area contributed by atoms with E-state index in [4.69, 9.17) is 0 Å². The van der Waals surface area contributed by atoms with Crippen LogP contribution in [0.1, 0.15) is 30.9 Å². The van der Waals surface area contributed by atoms with Gasteiger partial charge >= 0.3 is 6.18 Å². The number of alkyl halides is 3. The van der Waals surface area contributed by atoms with Gasteiger partial charge in [0.2, 0.25) is 0 Å². The molecule has 2 aromatic rings. The smallest absolute Gasteiger partial charge is 0.278 e. The molecule has 0 aliphatic rings. The Kier molecular flexibility index (Phi) is 2.40. The third-order valence-electron chi connectivity index (χ3n) is 2.55. The van der Waals surface area contributed by atoms with Gasteiger partial charge in [-0.2, -0.15) is 18.3 Å². The minimum Gasteiger partial charge on any atom is -0.278 e. The van der Waals surface area contributed by atoms with Gasteiger partial charge in [-0.05, 0) is 23.6 Å². The lowest BCUT2D eigenvalue weighted by molar-refractivity contribution is -0.138. The molecule has 5 heteroatoms. The van der Waals surface area contributed by atoms with Crippen LogP contribution in [-0.4, -0.2) is 10.2 Å². The van der Waals surface area contributed by atoms with Crippen molar-refractivity contribution >= 4 is 10.9 Å². The lowest BCUT2D eigenvalue weighted by Crippen LogP contribution is -2.10. The Balaban J connectivity index is 2.79. The first-order chi connectivity index (χ1) is 7.41. The number of nitrogens with zero attached hydrogens (tertiary/aromatic N) is 1. The first kappa shape index (κ1) is 11.0. The number of benzene rings is 1. The van der Waals surface area contributed by atoms with E-state index in [1.807, 2.05) is 0 Å². The second-order valence-electron chi connectivity index (χ2n) is 4.01. The van der Waals surface area contributed by atoms with Gasteiger partial charge < -0.3 is 0 Å². The van der Waals surface area contributed by atoms with Gasteiger partial charge in [0.1, 0.15) is 0 Å². The standard InChI is InChI=1S/C11H11F3N2/c1-6(2)10-7-5-15-16-9(7)4-3-8(10)11(12,13)14/h3-6H,1-2H3,(H,15,16). The van der Waals surface area contributed by atoms with E-state index in [0.29, 0.717) is 16.5 Å². The number of nitrogens with one attached hydrogen (secondary N) is 1. The van der Waals surface area contributed by atoms with Crippen molar-refractivity contribution < 1.29 is 13.2 Å². The lowest BCUT2D eigenvalue weighted by Gasteiger charge is -2.16. The largest absolute Gasteiger partial charge is 0.416 e. The predicted molar refractivity (Wildman–Crippen MR) is 55.2 cm³/mol. The molecule has 0 amide bonds. The Morgan fingerprint density at radius 2 is 1.94 bits per heavy atom. The van der Waals surface area contributed by atoms with Crippen LogP contribution in [0.2, 0.25) is 0 Å². The maximum absolute atomic E-state index is 12.8. The normalized spacial score (nSPS) is 12.6. The molecular formula is C11H11F3N2. The Morgan fingerprint density at radius 1 is 1.25 bits per heavy atom. The SMILES string of the molecule is CC(C)c1c(C(F)(F)F)ccc2[nH]ncc12. The molecule has 1 heterocycles. The molecule has 2 nitrogen and oxygen atoms in total. The van der Waals surface area contributed by atoms with Crippen LogP contribution >= 0.6 is 0 Å². The van der Waals surface area contributed by atoms with Crippen molar-refractivity contribution in [2.45, 2.75) is 25.9 Å². The van der Waals surface area contributed by atoms with E-state index in [1.165, 1.54) is 12.3 Å². The number of halogens is 3. The van der Waals surface area contributed by atoms with E-state index in [0.717, 1.165) is 6.07 Å². The van der Waals surface area contributed by atoms with Crippen molar-refractivity contribution in [3.63, 3.8) is 0 Å². The highest BCUT2D eigenvalue weighted by atomic mass is 19.4. The minimum absolute atomic E-state index is 0.196. The highest BCUT2D eigenvalue weighted by Gasteiger charge is 2.34. The molecule has 0 atom stereocenters. The number of aromatic nitrogens is 2. The van der Waals surface area contributed by atoms with Crippen LogP contribution in [0.3, 0.4) is 0 Å². The average Bonchev–Trinajstić information content (AvgIpc) is 2.61. The Morgan fingerprint density at radius 3 is 2.50 bits per heavy atom. The van der Waals surface area contributed by atoms with E-state index < -0.39 is 11.7 Å². The number of aromatic amines is 1. The maximum atomic E-state index is 12.8. The van der Waals surface area contributed by atoms with E-state index in [9.17, 15) is 13.2 Å². The van der Waals surface area contributed by atoms with Gasteiger partial charge in [-0.3, -0.25) is 5.10 Å². The Hall–Kier alpha value is -1.52. The fourth-order valence-electron chi connectivity index (χ4n) is 1.91. The number of H-pyrrole nitrogens is 1. The second kappa shape index (κ2) is 3.50. The van der Waals surface area contributed by atoms with Crippen molar-refractivity contribution in [3.05, 3.63) is 29.5 Å². The predicted octanol–water partition coefficient (Wildman–Crippen LogP) is 3.71. The zero-order valence-corrected chi connectivity index (χ0v) is 8.89. The Labute approximate surface area is 90.5 Å². The second-order valence-corrected chi connectivity index (χ2v) is 4.01. The summed E-state index contributed by atoms with van der Waals surface area (Å²) < 4.78 is 38.4. The Bertz CT molecular complexity index is 511. The van der Waals surface area contributed by atoms with Crippen molar-refractivity contribution in [1.29, 1.82) is 0 Å². The van der Waals surface area contributed by atoms with Crippen LogP contribution in [0.5, 0.6) is 0 Å². The first-order valence-corrected chi connectivity index (χ1v) is 4.94. The monoisotopic (exact) mass is 228 g/mol. The molecule has 0 saturated heterocycles. The molecular weight excluding hydrogens is 217 g/mol. The minimum atomic E-state index is -4.31. The van der Waals surface area contributed by atoms with Gasteiger partial charge in [0.15, 0.2) is 0 Å². The molecule has 0 saturated carbocycles. The first-order valence-electron chi connectivity index (χ1n) is 4.94. The van der Waals surface area contributed by atoms with E-state index >= 15 is 0 Å². The maximum Gasteiger partial charge on any atom is 0.416 e. The summed E-state index contributed by atoms with van der Waals surface area (Å²) in [5.41, 5.74) is 0.367. The van der Waals surface area contributed by atoms with Crippen molar-refractivity contribution in [3.8, 4) is 0 Å². The third kappa shape index (κ3) is 1.66. The summed E-state index contributed by atoms with van der Waals surface area (Å²) in [4.78, 5) is 0. The van der Waals surface area contributed by atoms with Gasteiger partial charge in [-0.15, -0.1) is 0 Å². The number of fused-ring (bicyclic) bond motifs is 1. The van der Waals surface area contributed by atoms with Crippen LogP contribution in [0.15, 0.2) is 18.3 Å². The summed E-state index contributed by atoms with van der Waals surface area (Å²) in [5, 5.41) is 7.00. The topological polar surface area (TPSA) is 28.7 Å². The highest BCUT2D eigenvalue weighted by molar-refractivity contribution is 5.83. The molecule has 1 aromatic carbocycles. The molecule has 0 aliphatic carbocycles. The lowest BCUT2D eigenvalue weighted by atomic mass is 9.93. The zero-order valence-electron chi connectivity index (χ0n) is 8.89. The molecule has 1 aromatic heterocycles. The molecule has 0 unspecified atom stereocenters. The molecule has 0 fully saturated rings. The molecule has 0 spiro atoms.